The fourth-order valence-electron chi connectivity index (χ4n) is 3.74. The third kappa shape index (κ3) is 5.75. The van der Waals surface area contributed by atoms with Crippen LogP contribution < -0.4 is 15.0 Å². The van der Waals surface area contributed by atoms with Gasteiger partial charge in [0.05, 0.1) is 13.5 Å². The van der Waals surface area contributed by atoms with Gasteiger partial charge in [-0.25, -0.2) is 0 Å². The van der Waals surface area contributed by atoms with E-state index in [-0.39, 0.29) is 11.9 Å². The first kappa shape index (κ1) is 20.2. The molecule has 0 atom stereocenters. The van der Waals surface area contributed by atoms with Crippen LogP contribution in [0.15, 0.2) is 48.5 Å². The van der Waals surface area contributed by atoms with Crippen molar-refractivity contribution < 1.29 is 9.53 Å². The number of carbonyl (C=O) groups is 1. The largest absolute Gasteiger partial charge is 0.497 e. The molecule has 0 aromatic heterocycles. The first-order chi connectivity index (χ1) is 13.7. The van der Waals surface area contributed by atoms with E-state index < -0.39 is 0 Å². The molecule has 0 spiro atoms. The second kappa shape index (κ2) is 10.2. The van der Waals surface area contributed by atoms with Gasteiger partial charge in [0.25, 0.3) is 0 Å². The summed E-state index contributed by atoms with van der Waals surface area (Å²) in [6.07, 6.45) is 5.97. The monoisotopic (exact) mass is 380 g/mol. The molecule has 4 heteroatoms. The van der Waals surface area contributed by atoms with Crippen LogP contribution in [0.3, 0.4) is 0 Å². The molecule has 1 aliphatic rings. The van der Waals surface area contributed by atoms with Crippen molar-refractivity contribution in [1.82, 2.24) is 5.32 Å². The van der Waals surface area contributed by atoms with Gasteiger partial charge in [-0.2, -0.15) is 0 Å². The Morgan fingerprint density at radius 1 is 1.04 bits per heavy atom. The topological polar surface area (TPSA) is 41.6 Å². The average molecular weight is 381 g/mol. The number of benzene rings is 2. The summed E-state index contributed by atoms with van der Waals surface area (Å²) in [7, 11) is 1.68. The van der Waals surface area contributed by atoms with E-state index in [0.717, 1.165) is 43.7 Å². The quantitative estimate of drug-likeness (QED) is 0.740. The molecule has 1 aliphatic heterocycles. The molecular formula is C24H32N2O2. The first-order valence-corrected chi connectivity index (χ1v) is 10.4. The Morgan fingerprint density at radius 2 is 1.68 bits per heavy atom. The number of hydrogen-bond acceptors (Lipinski definition) is 3. The van der Waals surface area contributed by atoms with E-state index >= 15 is 0 Å². The molecule has 1 heterocycles. The van der Waals surface area contributed by atoms with Gasteiger partial charge in [-0.05, 0) is 61.1 Å². The average Bonchev–Trinajstić information content (AvgIpc) is 2.74. The number of methoxy groups -OCH3 is 1. The van der Waals surface area contributed by atoms with E-state index in [9.17, 15) is 4.79 Å². The molecule has 4 nitrogen and oxygen atoms in total. The van der Waals surface area contributed by atoms with E-state index in [2.05, 4.69) is 53.5 Å². The van der Waals surface area contributed by atoms with Crippen LogP contribution in [0.5, 0.6) is 5.75 Å². The minimum atomic E-state index is 0.129. The molecule has 2 aromatic rings. The molecule has 0 saturated carbocycles. The molecule has 0 radical (unpaired) electrons. The second-order valence-corrected chi connectivity index (χ2v) is 7.62. The maximum atomic E-state index is 12.4. The number of hydrogen-bond donors (Lipinski definition) is 1. The Hall–Kier alpha value is -2.49. The molecule has 1 saturated heterocycles. The van der Waals surface area contributed by atoms with Crippen LogP contribution in [0.1, 0.15) is 43.7 Å². The number of aryl methyl sites for hydroxylation is 1. The van der Waals surface area contributed by atoms with Crippen molar-refractivity contribution in [2.75, 3.05) is 25.1 Å². The number of anilines is 1. The first-order valence-electron chi connectivity index (χ1n) is 10.4. The molecule has 0 aliphatic carbocycles. The molecule has 28 heavy (non-hydrogen) atoms. The van der Waals surface area contributed by atoms with Crippen LogP contribution in [0.25, 0.3) is 0 Å². The number of rotatable bonds is 8. The lowest BCUT2D eigenvalue weighted by molar-refractivity contribution is -0.121. The van der Waals surface area contributed by atoms with Crippen molar-refractivity contribution >= 4 is 11.6 Å². The maximum absolute atomic E-state index is 12.4. The standard InChI is InChI=1S/C24H32N2O2/c1-3-4-5-19-6-8-20(9-7-19)18-24(27)25-21-14-16-26(17-15-21)22-10-12-23(28-2)13-11-22/h6-13,21H,3-5,14-18H2,1-2H3,(H,25,27). The SMILES string of the molecule is CCCCc1ccc(CC(=O)NC2CCN(c3ccc(OC)cc3)CC2)cc1. The Balaban J connectivity index is 1.43. The van der Waals surface area contributed by atoms with Gasteiger partial charge in [-0.3, -0.25) is 4.79 Å². The van der Waals surface area contributed by atoms with Crippen molar-refractivity contribution in [3.05, 3.63) is 59.7 Å². The molecule has 0 bridgehead atoms. The highest BCUT2D eigenvalue weighted by atomic mass is 16.5. The van der Waals surface area contributed by atoms with E-state index in [1.54, 1.807) is 7.11 Å². The Morgan fingerprint density at radius 3 is 2.29 bits per heavy atom. The van der Waals surface area contributed by atoms with Crippen LogP contribution in [0.4, 0.5) is 5.69 Å². The highest BCUT2D eigenvalue weighted by Gasteiger charge is 2.21. The van der Waals surface area contributed by atoms with Gasteiger partial charge < -0.3 is 15.0 Å². The molecule has 1 N–H and O–H groups in total. The lowest BCUT2D eigenvalue weighted by Crippen LogP contribution is -2.45. The van der Waals surface area contributed by atoms with Gasteiger partial charge in [0.2, 0.25) is 5.91 Å². The summed E-state index contributed by atoms with van der Waals surface area (Å²) in [5.41, 5.74) is 3.67. The third-order valence-corrected chi connectivity index (χ3v) is 5.50. The highest BCUT2D eigenvalue weighted by molar-refractivity contribution is 5.78. The minimum absolute atomic E-state index is 0.129. The van der Waals surface area contributed by atoms with E-state index in [1.807, 2.05) is 12.1 Å². The van der Waals surface area contributed by atoms with Gasteiger partial charge in [-0.1, -0.05) is 37.6 Å². The zero-order valence-corrected chi connectivity index (χ0v) is 17.1. The summed E-state index contributed by atoms with van der Waals surface area (Å²) in [5, 5.41) is 3.22. The third-order valence-electron chi connectivity index (χ3n) is 5.50. The predicted molar refractivity (Wildman–Crippen MR) is 115 cm³/mol. The van der Waals surface area contributed by atoms with Crippen molar-refractivity contribution in [1.29, 1.82) is 0 Å². The number of piperidine rings is 1. The smallest absolute Gasteiger partial charge is 0.224 e. The predicted octanol–water partition coefficient (Wildman–Crippen LogP) is 4.37. The second-order valence-electron chi connectivity index (χ2n) is 7.62. The molecule has 3 rings (SSSR count). The van der Waals surface area contributed by atoms with Crippen molar-refractivity contribution in [2.24, 2.45) is 0 Å². The summed E-state index contributed by atoms with van der Waals surface area (Å²) in [5.74, 6) is 1.01. The summed E-state index contributed by atoms with van der Waals surface area (Å²) >= 11 is 0. The van der Waals surface area contributed by atoms with E-state index in [4.69, 9.17) is 4.74 Å². The highest BCUT2D eigenvalue weighted by Crippen LogP contribution is 2.23. The summed E-state index contributed by atoms with van der Waals surface area (Å²) in [6.45, 7) is 4.13. The number of unbranched alkanes of at least 4 members (excludes halogenated alkanes) is 1. The van der Waals surface area contributed by atoms with Crippen LogP contribution in [0.2, 0.25) is 0 Å². The van der Waals surface area contributed by atoms with Crippen LogP contribution in [-0.2, 0) is 17.6 Å². The molecule has 2 aromatic carbocycles. The van der Waals surface area contributed by atoms with Crippen molar-refractivity contribution in [3.8, 4) is 5.75 Å². The Labute approximate surface area is 168 Å². The molecular weight excluding hydrogens is 348 g/mol. The number of carbonyl (C=O) groups excluding carboxylic acids is 1. The van der Waals surface area contributed by atoms with Crippen LogP contribution in [-0.4, -0.2) is 32.1 Å². The lowest BCUT2D eigenvalue weighted by atomic mass is 10.0. The minimum Gasteiger partial charge on any atom is -0.497 e. The Kier molecular flexibility index (Phi) is 7.35. The molecule has 1 fully saturated rings. The number of nitrogens with zero attached hydrogens (tertiary/aromatic N) is 1. The number of ether oxygens (including phenoxy) is 1. The zero-order chi connectivity index (χ0) is 19.8. The fraction of sp³-hybridized carbons (Fsp3) is 0.458. The van der Waals surface area contributed by atoms with Gasteiger partial charge in [-0.15, -0.1) is 0 Å². The Bertz CT molecular complexity index is 732. The number of amides is 1. The van der Waals surface area contributed by atoms with Crippen LogP contribution in [0, 0.1) is 0 Å². The summed E-state index contributed by atoms with van der Waals surface area (Å²) in [4.78, 5) is 14.8. The number of nitrogens with one attached hydrogen (secondary N) is 1. The van der Waals surface area contributed by atoms with Gasteiger partial charge in [0.1, 0.15) is 5.75 Å². The van der Waals surface area contributed by atoms with E-state index in [0.29, 0.717) is 6.42 Å². The molecule has 0 unspecified atom stereocenters. The summed E-state index contributed by atoms with van der Waals surface area (Å²) < 4.78 is 5.22. The van der Waals surface area contributed by atoms with Gasteiger partial charge in [0.15, 0.2) is 0 Å². The molecule has 150 valence electrons. The zero-order valence-electron chi connectivity index (χ0n) is 17.1. The fourth-order valence-corrected chi connectivity index (χ4v) is 3.74. The van der Waals surface area contributed by atoms with Crippen LogP contribution >= 0.6 is 0 Å². The maximum Gasteiger partial charge on any atom is 0.224 e. The normalized spacial score (nSPS) is 14.7. The van der Waals surface area contributed by atoms with E-state index in [1.165, 1.54) is 24.1 Å². The molecule has 1 amide bonds. The lowest BCUT2D eigenvalue weighted by Gasteiger charge is -2.34. The summed E-state index contributed by atoms with van der Waals surface area (Å²) in [6, 6.07) is 17.0. The van der Waals surface area contributed by atoms with Crippen molar-refractivity contribution in [3.63, 3.8) is 0 Å². The van der Waals surface area contributed by atoms with Gasteiger partial charge >= 0.3 is 0 Å². The van der Waals surface area contributed by atoms with Crippen molar-refractivity contribution in [2.45, 2.75) is 51.5 Å². The van der Waals surface area contributed by atoms with Gasteiger partial charge in [0, 0.05) is 24.8 Å².